The molecule has 0 spiro atoms. The first-order valence-corrected chi connectivity index (χ1v) is 8.00. The van der Waals surface area contributed by atoms with Crippen LogP contribution in [0, 0.1) is 13.8 Å². The van der Waals surface area contributed by atoms with E-state index in [1.807, 2.05) is 69.3 Å². The first-order chi connectivity index (χ1) is 11.5. The van der Waals surface area contributed by atoms with E-state index in [9.17, 15) is 9.59 Å². The molecule has 2 aromatic carbocycles. The highest BCUT2D eigenvalue weighted by Crippen LogP contribution is 2.19. The average Bonchev–Trinajstić information content (AvgIpc) is 2.58. The monoisotopic (exact) mass is 325 g/mol. The fourth-order valence-electron chi connectivity index (χ4n) is 2.44. The Morgan fingerprint density at radius 2 is 1.67 bits per heavy atom. The van der Waals surface area contributed by atoms with Crippen molar-refractivity contribution in [1.82, 2.24) is 10.9 Å². The topological polar surface area (TPSA) is 70.2 Å². The van der Waals surface area contributed by atoms with Crippen LogP contribution in [0.4, 0.5) is 10.5 Å². The molecule has 0 saturated heterocycles. The van der Waals surface area contributed by atoms with Crippen LogP contribution in [0.5, 0.6) is 0 Å². The van der Waals surface area contributed by atoms with Crippen LogP contribution >= 0.6 is 0 Å². The van der Waals surface area contributed by atoms with Gasteiger partial charge in [0.05, 0.1) is 5.92 Å². The summed E-state index contributed by atoms with van der Waals surface area (Å²) in [7, 11) is 0. The minimum absolute atomic E-state index is 0.237. The number of carbonyl (C=O) groups excluding carboxylic acids is 2. The minimum atomic E-state index is -0.477. The lowest BCUT2D eigenvalue weighted by atomic mass is 9.96. The van der Waals surface area contributed by atoms with Crippen LogP contribution in [0.15, 0.2) is 48.5 Å². The van der Waals surface area contributed by atoms with Crippen molar-refractivity contribution in [1.29, 1.82) is 0 Å². The number of hydrogen-bond acceptors (Lipinski definition) is 2. The van der Waals surface area contributed by atoms with Crippen molar-refractivity contribution >= 4 is 17.6 Å². The van der Waals surface area contributed by atoms with E-state index in [0.717, 1.165) is 16.7 Å². The van der Waals surface area contributed by atoms with E-state index in [-0.39, 0.29) is 11.8 Å². The molecular weight excluding hydrogens is 302 g/mol. The molecule has 0 aliphatic rings. The largest absolute Gasteiger partial charge is 0.337 e. The second-order valence-electron chi connectivity index (χ2n) is 5.74. The smallest absolute Gasteiger partial charge is 0.307 e. The number of anilines is 1. The molecule has 0 aliphatic carbocycles. The molecule has 0 aliphatic heterocycles. The zero-order valence-electron chi connectivity index (χ0n) is 14.2. The average molecular weight is 325 g/mol. The zero-order valence-corrected chi connectivity index (χ0v) is 14.2. The van der Waals surface area contributed by atoms with Gasteiger partial charge >= 0.3 is 6.03 Å². The van der Waals surface area contributed by atoms with Crippen molar-refractivity contribution in [3.05, 3.63) is 65.2 Å². The van der Waals surface area contributed by atoms with Crippen molar-refractivity contribution in [2.45, 2.75) is 33.1 Å². The lowest BCUT2D eigenvalue weighted by molar-refractivity contribution is -0.123. The van der Waals surface area contributed by atoms with E-state index >= 15 is 0 Å². The standard InChI is InChI=1S/C19H23N3O2/c1-4-17(15-8-6-5-7-9-15)18(23)21-22-19(24)20-16-11-10-13(2)14(3)12-16/h5-12,17H,4H2,1-3H3,(H,21,23)(H2,20,22,24). The van der Waals surface area contributed by atoms with Gasteiger partial charge in [-0.3, -0.25) is 10.2 Å². The lowest BCUT2D eigenvalue weighted by Crippen LogP contribution is -2.45. The number of benzene rings is 2. The van der Waals surface area contributed by atoms with Crippen molar-refractivity contribution in [3.8, 4) is 0 Å². The number of urea groups is 1. The van der Waals surface area contributed by atoms with Crippen molar-refractivity contribution in [2.24, 2.45) is 0 Å². The van der Waals surface area contributed by atoms with Crippen LogP contribution in [0.2, 0.25) is 0 Å². The molecule has 126 valence electrons. The molecule has 0 aromatic heterocycles. The van der Waals surface area contributed by atoms with Crippen LogP contribution in [-0.2, 0) is 4.79 Å². The molecule has 1 atom stereocenters. The van der Waals surface area contributed by atoms with Crippen LogP contribution in [0.3, 0.4) is 0 Å². The highest BCUT2D eigenvalue weighted by molar-refractivity contribution is 5.92. The van der Waals surface area contributed by atoms with Gasteiger partial charge in [0.2, 0.25) is 5.91 Å². The van der Waals surface area contributed by atoms with Crippen molar-refractivity contribution < 1.29 is 9.59 Å². The number of aryl methyl sites for hydroxylation is 2. The Balaban J connectivity index is 1.90. The van der Waals surface area contributed by atoms with Gasteiger partial charge in [-0.25, -0.2) is 10.2 Å². The van der Waals surface area contributed by atoms with Gasteiger partial charge in [-0.1, -0.05) is 43.3 Å². The molecule has 0 fully saturated rings. The number of hydrazine groups is 1. The zero-order chi connectivity index (χ0) is 17.5. The van der Waals surface area contributed by atoms with E-state index in [1.54, 1.807) is 0 Å². The third kappa shape index (κ3) is 4.59. The summed E-state index contributed by atoms with van der Waals surface area (Å²) in [6.07, 6.45) is 0.649. The number of rotatable bonds is 4. The summed E-state index contributed by atoms with van der Waals surface area (Å²) in [5, 5.41) is 2.70. The first-order valence-electron chi connectivity index (χ1n) is 8.00. The molecule has 5 heteroatoms. The van der Waals surface area contributed by atoms with Crippen LogP contribution < -0.4 is 16.2 Å². The predicted molar refractivity (Wildman–Crippen MR) is 95.7 cm³/mol. The number of amides is 3. The Labute approximate surface area is 142 Å². The van der Waals surface area contributed by atoms with E-state index in [2.05, 4.69) is 16.2 Å². The Bertz CT molecular complexity index is 714. The van der Waals surface area contributed by atoms with Gasteiger partial charge in [-0.15, -0.1) is 0 Å². The first kappa shape index (κ1) is 17.5. The predicted octanol–water partition coefficient (Wildman–Crippen LogP) is 3.65. The minimum Gasteiger partial charge on any atom is -0.307 e. The van der Waals surface area contributed by atoms with E-state index in [4.69, 9.17) is 0 Å². The van der Waals surface area contributed by atoms with Gasteiger partial charge in [0.15, 0.2) is 0 Å². The second kappa shape index (κ2) is 8.15. The number of nitrogens with one attached hydrogen (secondary N) is 3. The van der Waals surface area contributed by atoms with Gasteiger partial charge in [0, 0.05) is 5.69 Å². The third-order valence-electron chi connectivity index (χ3n) is 3.99. The van der Waals surface area contributed by atoms with Gasteiger partial charge in [0.25, 0.3) is 0 Å². The molecule has 0 saturated carbocycles. The SMILES string of the molecule is CCC(C(=O)NNC(=O)Nc1ccc(C)c(C)c1)c1ccccc1. The summed E-state index contributed by atoms with van der Waals surface area (Å²) in [4.78, 5) is 24.2. The van der Waals surface area contributed by atoms with Crippen LogP contribution in [-0.4, -0.2) is 11.9 Å². The molecule has 5 nitrogen and oxygen atoms in total. The summed E-state index contributed by atoms with van der Waals surface area (Å²) in [5.74, 6) is -0.535. The Morgan fingerprint density at radius 3 is 2.29 bits per heavy atom. The maximum Gasteiger partial charge on any atom is 0.337 e. The van der Waals surface area contributed by atoms with E-state index in [1.165, 1.54) is 0 Å². The van der Waals surface area contributed by atoms with E-state index in [0.29, 0.717) is 12.1 Å². The summed E-state index contributed by atoms with van der Waals surface area (Å²) in [6, 6.07) is 14.7. The summed E-state index contributed by atoms with van der Waals surface area (Å²) < 4.78 is 0. The molecule has 2 rings (SSSR count). The van der Waals surface area contributed by atoms with E-state index < -0.39 is 6.03 Å². The Kier molecular flexibility index (Phi) is 5.95. The molecule has 2 aromatic rings. The van der Waals surface area contributed by atoms with Gasteiger partial charge in [-0.2, -0.15) is 0 Å². The maximum absolute atomic E-state index is 12.3. The fraction of sp³-hybridized carbons (Fsp3) is 0.263. The maximum atomic E-state index is 12.3. The molecule has 3 N–H and O–H groups in total. The Morgan fingerprint density at radius 1 is 0.958 bits per heavy atom. The lowest BCUT2D eigenvalue weighted by Gasteiger charge is -2.16. The number of hydrogen-bond donors (Lipinski definition) is 3. The molecule has 1 unspecified atom stereocenters. The molecule has 3 amide bonds. The molecule has 0 radical (unpaired) electrons. The summed E-state index contributed by atoms with van der Waals surface area (Å²) >= 11 is 0. The second-order valence-corrected chi connectivity index (χ2v) is 5.74. The molecule has 24 heavy (non-hydrogen) atoms. The van der Waals surface area contributed by atoms with Gasteiger partial charge < -0.3 is 5.32 Å². The number of carbonyl (C=O) groups is 2. The fourth-order valence-corrected chi connectivity index (χ4v) is 2.44. The highest BCUT2D eigenvalue weighted by Gasteiger charge is 2.18. The highest BCUT2D eigenvalue weighted by atomic mass is 16.2. The molecule has 0 heterocycles. The van der Waals surface area contributed by atoms with Crippen molar-refractivity contribution in [2.75, 3.05) is 5.32 Å². The normalized spacial score (nSPS) is 11.5. The third-order valence-corrected chi connectivity index (χ3v) is 3.99. The van der Waals surface area contributed by atoms with Crippen LogP contribution in [0.1, 0.15) is 36.0 Å². The van der Waals surface area contributed by atoms with Gasteiger partial charge in [-0.05, 0) is 49.1 Å². The van der Waals surface area contributed by atoms with Gasteiger partial charge in [0.1, 0.15) is 0 Å². The summed E-state index contributed by atoms with van der Waals surface area (Å²) in [5.41, 5.74) is 8.73. The quantitative estimate of drug-likeness (QED) is 0.751. The van der Waals surface area contributed by atoms with Crippen LogP contribution in [0.25, 0.3) is 0 Å². The summed E-state index contributed by atoms with van der Waals surface area (Å²) in [6.45, 7) is 5.92. The van der Waals surface area contributed by atoms with Crippen molar-refractivity contribution in [3.63, 3.8) is 0 Å². The molecular formula is C19H23N3O2. The molecule has 0 bridgehead atoms. The Hall–Kier alpha value is -2.82.